The van der Waals surface area contributed by atoms with Gasteiger partial charge in [0.05, 0.1) is 0 Å². The van der Waals surface area contributed by atoms with Gasteiger partial charge in [-0.25, -0.2) is 0 Å². The van der Waals surface area contributed by atoms with Crippen molar-refractivity contribution >= 4 is 5.78 Å². The van der Waals surface area contributed by atoms with Crippen molar-refractivity contribution in [2.24, 2.45) is 0 Å². The zero-order chi connectivity index (χ0) is 11.2. The van der Waals surface area contributed by atoms with E-state index in [2.05, 4.69) is 10.6 Å². The van der Waals surface area contributed by atoms with Gasteiger partial charge in [-0.2, -0.15) is 0 Å². The lowest BCUT2D eigenvalue weighted by Gasteiger charge is -2.25. The van der Waals surface area contributed by atoms with Crippen LogP contribution in [0.2, 0.25) is 0 Å². The average molecular weight is 224 g/mol. The smallest absolute Gasteiger partial charge is 0.136 e. The molecule has 16 heavy (non-hydrogen) atoms. The topological polar surface area (TPSA) is 41.1 Å². The fourth-order valence-electron chi connectivity index (χ4n) is 2.83. The van der Waals surface area contributed by atoms with Crippen LogP contribution < -0.4 is 10.6 Å². The fraction of sp³-hybridized carbons (Fsp3) is 0.923. The Hall–Kier alpha value is -0.410. The Morgan fingerprint density at radius 2 is 1.38 bits per heavy atom. The molecule has 0 aliphatic carbocycles. The fourth-order valence-corrected chi connectivity index (χ4v) is 2.83. The standard InChI is InChI=1S/C13H24N2O/c16-13(9-11-5-1-3-7-14-11)10-12-6-2-4-8-15-12/h11-12,14-15H,1-10H2/t11-,12+. The molecule has 3 heteroatoms. The lowest BCUT2D eigenvalue weighted by atomic mass is 9.94. The third-order valence-corrected chi connectivity index (χ3v) is 3.77. The Labute approximate surface area is 98.4 Å². The molecule has 2 rings (SSSR count). The van der Waals surface area contributed by atoms with E-state index in [1.165, 1.54) is 38.5 Å². The molecule has 0 spiro atoms. The summed E-state index contributed by atoms with van der Waals surface area (Å²) in [6, 6.07) is 0.926. The summed E-state index contributed by atoms with van der Waals surface area (Å²) in [5, 5.41) is 6.89. The van der Waals surface area contributed by atoms with E-state index >= 15 is 0 Å². The molecule has 0 aromatic carbocycles. The number of piperidine rings is 2. The van der Waals surface area contributed by atoms with E-state index in [-0.39, 0.29) is 0 Å². The predicted molar refractivity (Wildman–Crippen MR) is 65.5 cm³/mol. The lowest BCUT2D eigenvalue weighted by Crippen LogP contribution is -2.39. The molecule has 0 unspecified atom stereocenters. The number of carbonyl (C=O) groups is 1. The molecule has 0 amide bonds. The molecule has 92 valence electrons. The third kappa shape index (κ3) is 3.87. The van der Waals surface area contributed by atoms with Gasteiger partial charge in [0.15, 0.2) is 0 Å². The van der Waals surface area contributed by atoms with Crippen LogP contribution in [-0.2, 0) is 4.79 Å². The summed E-state index contributed by atoms with van der Waals surface area (Å²) < 4.78 is 0. The Balaban J connectivity index is 1.66. The van der Waals surface area contributed by atoms with E-state index in [0.29, 0.717) is 17.9 Å². The summed E-state index contributed by atoms with van der Waals surface area (Å²) in [4.78, 5) is 11.9. The third-order valence-electron chi connectivity index (χ3n) is 3.77. The largest absolute Gasteiger partial charge is 0.314 e. The first-order valence-electron chi connectivity index (χ1n) is 6.83. The van der Waals surface area contributed by atoms with Crippen LogP contribution in [0.25, 0.3) is 0 Å². The SMILES string of the molecule is O=C(C[C@H]1CCCCN1)C[C@@H]1CCCCN1. The van der Waals surface area contributed by atoms with Gasteiger partial charge in [-0.3, -0.25) is 4.79 Å². The molecule has 2 heterocycles. The van der Waals surface area contributed by atoms with Gasteiger partial charge in [0, 0.05) is 24.9 Å². The van der Waals surface area contributed by atoms with Gasteiger partial charge in [0.25, 0.3) is 0 Å². The Morgan fingerprint density at radius 3 is 1.75 bits per heavy atom. The maximum atomic E-state index is 11.9. The minimum Gasteiger partial charge on any atom is -0.314 e. The van der Waals surface area contributed by atoms with E-state index in [4.69, 9.17) is 0 Å². The molecule has 0 aromatic rings. The monoisotopic (exact) mass is 224 g/mol. The summed E-state index contributed by atoms with van der Waals surface area (Å²) in [6.45, 7) is 2.19. The molecule has 0 saturated carbocycles. The van der Waals surface area contributed by atoms with E-state index in [0.717, 1.165) is 25.9 Å². The summed E-state index contributed by atoms with van der Waals surface area (Å²) in [6.07, 6.45) is 8.98. The van der Waals surface area contributed by atoms with Gasteiger partial charge in [0.2, 0.25) is 0 Å². The molecule has 3 nitrogen and oxygen atoms in total. The van der Waals surface area contributed by atoms with Crippen molar-refractivity contribution in [3.8, 4) is 0 Å². The van der Waals surface area contributed by atoms with Crippen LogP contribution in [0.4, 0.5) is 0 Å². The molecule has 2 saturated heterocycles. The number of nitrogens with one attached hydrogen (secondary N) is 2. The van der Waals surface area contributed by atoms with Crippen LogP contribution >= 0.6 is 0 Å². The highest BCUT2D eigenvalue weighted by Crippen LogP contribution is 2.15. The van der Waals surface area contributed by atoms with Gasteiger partial charge in [-0.05, 0) is 38.8 Å². The molecule has 2 N–H and O–H groups in total. The van der Waals surface area contributed by atoms with Crippen molar-refractivity contribution in [3.05, 3.63) is 0 Å². The quantitative estimate of drug-likeness (QED) is 0.762. The first-order chi connectivity index (χ1) is 7.84. The minimum absolute atomic E-state index is 0.443. The number of Topliss-reactive ketones (excluding diaryl/α,β-unsaturated/α-hetero) is 1. The van der Waals surface area contributed by atoms with Crippen LogP contribution in [0.5, 0.6) is 0 Å². The predicted octanol–water partition coefficient (Wildman–Crippen LogP) is 1.62. The molecule has 2 aliphatic heterocycles. The van der Waals surface area contributed by atoms with Crippen molar-refractivity contribution < 1.29 is 4.79 Å². The number of hydrogen-bond acceptors (Lipinski definition) is 3. The molecule has 0 bridgehead atoms. The van der Waals surface area contributed by atoms with Crippen molar-refractivity contribution in [2.45, 2.75) is 63.5 Å². The highest BCUT2D eigenvalue weighted by atomic mass is 16.1. The molecule has 2 atom stereocenters. The van der Waals surface area contributed by atoms with E-state index < -0.39 is 0 Å². The molecule has 2 fully saturated rings. The normalized spacial score (nSPS) is 31.2. The number of carbonyl (C=O) groups excluding carboxylic acids is 1. The summed E-state index contributed by atoms with van der Waals surface area (Å²) in [5.41, 5.74) is 0. The van der Waals surface area contributed by atoms with Gasteiger partial charge >= 0.3 is 0 Å². The van der Waals surface area contributed by atoms with Gasteiger partial charge in [0.1, 0.15) is 5.78 Å². The maximum Gasteiger partial charge on any atom is 0.136 e. The average Bonchev–Trinajstić information content (AvgIpc) is 2.31. The van der Waals surface area contributed by atoms with Crippen LogP contribution in [0.15, 0.2) is 0 Å². The Kier molecular flexibility index (Phi) is 4.79. The first-order valence-corrected chi connectivity index (χ1v) is 6.83. The molecule has 0 aromatic heterocycles. The van der Waals surface area contributed by atoms with Gasteiger partial charge in [-0.1, -0.05) is 12.8 Å². The summed E-state index contributed by atoms with van der Waals surface area (Å²) in [7, 11) is 0. The van der Waals surface area contributed by atoms with Crippen molar-refractivity contribution in [1.82, 2.24) is 10.6 Å². The maximum absolute atomic E-state index is 11.9. The van der Waals surface area contributed by atoms with Gasteiger partial charge < -0.3 is 10.6 Å². The van der Waals surface area contributed by atoms with Crippen molar-refractivity contribution in [3.63, 3.8) is 0 Å². The zero-order valence-corrected chi connectivity index (χ0v) is 10.1. The number of hydrogen-bond donors (Lipinski definition) is 2. The molecule has 2 aliphatic rings. The second-order valence-electron chi connectivity index (χ2n) is 5.24. The van der Waals surface area contributed by atoms with E-state index in [9.17, 15) is 4.79 Å². The highest BCUT2D eigenvalue weighted by Gasteiger charge is 2.20. The summed E-state index contributed by atoms with van der Waals surface area (Å²) in [5.74, 6) is 0.443. The molecular formula is C13H24N2O. The lowest BCUT2D eigenvalue weighted by molar-refractivity contribution is -0.120. The second kappa shape index (κ2) is 6.36. The minimum atomic E-state index is 0.443. The van der Waals surface area contributed by atoms with Crippen molar-refractivity contribution in [2.75, 3.05) is 13.1 Å². The molecular weight excluding hydrogens is 200 g/mol. The van der Waals surface area contributed by atoms with Crippen LogP contribution in [0.3, 0.4) is 0 Å². The highest BCUT2D eigenvalue weighted by molar-refractivity contribution is 5.79. The Bertz CT molecular complexity index is 196. The van der Waals surface area contributed by atoms with E-state index in [1.54, 1.807) is 0 Å². The van der Waals surface area contributed by atoms with Crippen molar-refractivity contribution in [1.29, 1.82) is 0 Å². The summed E-state index contributed by atoms with van der Waals surface area (Å²) >= 11 is 0. The van der Waals surface area contributed by atoms with Crippen LogP contribution in [0.1, 0.15) is 51.4 Å². The number of rotatable bonds is 4. The zero-order valence-electron chi connectivity index (χ0n) is 10.1. The van der Waals surface area contributed by atoms with Crippen LogP contribution in [0, 0.1) is 0 Å². The first kappa shape index (κ1) is 12.1. The second-order valence-corrected chi connectivity index (χ2v) is 5.24. The van der Waals surface area contributed by atoms with E-state index in [1.807, 2.05) is 0 Å². The van der Waals surface area contributed by atoms with Crippen LogP contribution in [-0.4, -0.2) is 31.0 Å². The number of ketones is 1. The Morgan fingerprint density at radius 1 is 0.875 bits per heavy atom. The van der Waals surface area contributed by atoms with Gasteiger partial charge in [-0.15, -0.1) is 0 Å². The molecule has 0 radical (unpaired) electrons.